The highest BCUT2D eigenvalue weighted by atomic mass is 16.5. The van der Waals surface area contributed by atoms with Crippen molar-refractivity contribution < 1.29 is 9.84 Å². The maximum atomic E-state index is 10.7. The second-order valence-electron chi connectivity index (χ2n) is 8.00. The molecular weight excluding hydrogens is 272 g/mol. The summed E-state index contributed by atoms with van der Waals surface area (Å²) in [5, 5.41) is 10.7. The number of allylic oxidation sites excluding steroid dienone is 3. The minimum Gasteiger partial charge on any atom is -0.390 e. The summed E-state index contributed by atoms with van der Waals surface area (Å²) in [7, 11) is 0. The van der Waals surface area contributed by atoms with E-state index in [0.29, 0.717) is 11.8 Å². The molecule has 2 aliphatic rings. The Hall–Kier alpha value is -0.600. The number of rotatable bonds is 1. The van der Waals surface area contributed by atoms with Crippen molar-refractivity contribution in [1.82, 2.24) is 0 Å². The van der Waals surface area contributed by atoms with Crippen molar-refractivity contribution in [3.8, 4) is 0 Å². The fourth-order valence-corrected chi connectivity index (χ4v) is 3.87. The first kappa shape index (κ1) is 17.7. The van der Waals surface area contributed by atoms with Gasteiger partial charge >= 0.3 is 0 Å². The van der Waals surface area contributed by atoms with Crippen LogP contribution in [-0.4, -0.2) is 22.9 Å². The van der Waals surface area contributed by atoms with E-state index in [4.69, 9.17) is 4.74 Å². The fraction of sp³-hybridized carbons (Fsp3) is 0.800. The van der Waals surface area contributed by atoms with Gasteiger partial charge in [-0.05, 0) is 71.1 Å². The molecule has 0 aromatic carbocycles. The summed E-state index contributed by atoms with van der Waals surface area (Å²) < 4.78 is 6.49. The molecule has 2 heterocycles. The summed E-state index contributed by atoms with van der Waals surface area (Å²) in [4.78, 5) is 0. The van der Waals surface area contributed by atoms with E-state index in [-0.39, 0.29) is 12.2 Å². The van der Waals surface area contributed by atoms with Gasteiger partial charge in [-0.15, -0.1) is 0 Å². The van der Waals surface area contributed by atoms with Gasteiger partial charge in [0.2, 0.25) is 0 Å². The van der Waals surface area contributed by atoms with Gasteiger partial charge in [-0.25, -0.2) is 0 Å². The molecule has 2 rings (SSSR count). The topological polar surface area (TPSA) is 29.5 Å². The summed E-state index contributed by atoms with van der Waals surface area (Å²) in [6.45, 7) is 11.1. The van der Waals surface area contributed by atoms with Crippen molar-refractivity contribution in [2.75, 3.05) is 0 Å². The van der Waals surface area contributed by atoms with Gasteiger partial charge in [0.1, 0.15) is 0 Å². The average molecular weight is 306 g/mol. The molecular formula is C20H34O2. The molecule has 2 heteroatoms. The van der Waals surface area contributed by atoms with Gasteiger partial charge in [0.25, 0.3) is 0 Å². The third kappa shape index (κ3) is 4.23. The van der Waals surface area contributed by atoms with Crippen LogP contribution >= 0.6 is 0 Å². The second-order valence-corrected chi connectivity index (χ2v) is 8.00. The monoisotopic (exact) mass is 306 g/mol. The first-order valence-corrected chi connectivity index (χ1v) is 9.00. The van der Waals surface area contributed by atoms with Crippen LogP contribution in [0.25, 0.3) is 0 Å². The quantitative estimate of drug-likeness (QED) is 0.689. The predicted molar refractivity (Wildman–Crippen MR) is 92.8 cm³/mol. The van der Waals surface area contributed by atoms with Gasteiger partial charge in [0, 0.05) is 0 Å². The first-order valence-electron chi connectivity index (χ1n) is 9.00. The minimum atomic E-state index is -0.397. The van der Waals surface area contributed by atoms with Gasteiger partial charge in [-0.1, -0.05) is 37.1 Å². The Labute approximate surface area is 136 Å². The summed E-state index contributed by atoms with van der Waals surface area (Å²) in [6.07, 6.45) is 10.5. The maximum Gasteiger partial charge on any atom is 0.0920 e. The number of hydrogen-bond donors (Lipinski definition) is 1. The van der Waals surface area contributed by atoms with Crippen molar-refractivity contribution in [3.63, 3.8) is 0 Å². The Morgan fingerprint density at radius 2 is 1.91 bits per heavy atom. The van der Waals surface area contributed by atoms with Crippen LogP contribution in [0.15, 0.2) is 23.3 Å². The van der Waals surface area contributed by atoms with Crippen LogP contribution in [0.2, 0.25) is 0 Å². The second kappa shape index (κ2) is 7.31. The highest BCUT2D eigenvalue weighted by Crippen LogP contribution is 2.40. The molecule has 0 unspecified atom stereocenters. The maximum absolute atomic E-state index is 10.7. The zero-order chi connectivity index (χ0) is 16.3. The molecule has 0 aromatic heterocycles. The van der Waals surface area contributed by atoms with Crippen molar-refractivity contribution in [3.05, 3.63) is 23.3 Å². The van der Waals surface area contributed by atoms with Crippen LogP contribution in [0.5, 0.6) is 0 Å². The number of aliphatic hydroxyl groups excluding tert-OH is 1. The van der Waals surface area contributed by atoms with Crippen molar-refractivity contribution in [2.24, 2.45) is 11.8 Å². The van der Waals surface area contributed by atoms with Crippen LogP contribution in [-0.2, 0) is 4.74 Å². The molecule has 0 saturated carbocycles. The van der Waals surface area contributed by atoms with Crippen molar-refractivity contribution in [2.45, 2.75) is 91.0 Å². The van der Waals surface area contributed by atoms with Crippen molar-refractivity contribution >= 4 is 0 Å². The Morgan fingerprint density at radius 3 is 2.59 bits per heavy atom. The molecule has 4 atom stereocenters. The molecule has 0 spiro atoms. The Morgan fingerprint density at radius 1 is 1.18 bits per heavy atom. The highest BCUT2D eigenvalue weighted by molar-refractivity contribution is 5.10. The lowest BCUT2D eigenvalue weighted by Crippen LogP contribution is -2.51. The molecule has 1 fully saturated rings. The number of hydrogen-bond acceptors (Lipinski definition) is 2. The third-order valence-electron chi connectivity index (χ3n) is 5.65. The lowest BCUT2D eigenvalue weighted by atomic mass is 9.76. The largest absolute Gasteiger partial charge is 0.390 e. The van der Waals surface area contributed by atoms with E-state index in [1.807, 2.05) is 0 Å². The van der Waals surface area contributed by atoms with Crippen LogP contribution in [0.3, 0.4) is 0 Å². The minimum absolute atomic E-state index is 0.151. The van der Waals surface area contributed by atoms with E-state index < -0.39 is 5.60 Å². The Kier molecular flexibility index (Phi) is 5.90. The smallest absolute Gasteiger partial charge is 0.0920 e. The Balaban J connectivity index is 2.28. The summed E-state index contributed by atoms with van der Waals surface area (Å²) in [5.74, 6) is 1.18. The van der Waals surface area contributed by atoms with E-state index in [0.717, 1.165) is 38.5 Å². The standard InChI is InChI=1S/C20H34O2/c1-14(2)17-11-12-20(5)19(21)10-9-15(3)7-6-8-16(4)13-18(17)22-20/h7,13-14,17-19,21H,6,8-12H2,1-5H3/b15-7+,16-13+/t17-,18+,19-,20+/m0/s1. The normalized spacial score (nSPS) is 42.6. The van der Waals surface area contributed by atoms with Gasteiger partial charge in [0.15, 0.2) is 0 Å². The molecule has 126 valence electrons. The van der Waals surface area contributed by atoms with E-state index in [1.165, 1.54) is 11.1 Å². The van der Waals surface area contributed by atoms with Crippen LogP contribution in [0.1, 0.15) is 73.1 Å². The van der Waals surface area contributed by atoms with Crippen LogP contribution < -0.4 is 0 Å². The zero-order valence-corrected chi connectivity index (χ0v) is 15.1. The molecule has 2 bridgehead atoms. The van der Waals surface area contributed by atoms with E-state index in [9.17, 15) is 5.11 Å². The fourth-order valence-electron chi connectivity index (χ4n) is 3.87. The molecule has 22 heavy (non-hydrogen) atoms. The third-order valence-corrected chi connectivity index (χ3v) is 5.65. The van der Waals surface area contributed by atoms with Gasteiger partial charge < -0.3 is 9.84 Å². The molecule has 0 aliphatic carbocycles. The van der Waals surface area contributed by atoms with Crippen LogP contribution in [0.4, 0.5) is 0 Å². The average Bonchev–Trinajstić information content (AvgIpc) is 2.43. The summed E-state index contributed by atoms with van der Waals surface area (Å²) in [5.41, 5.74) is 2.41. The number of ether oxygens (including phenoxy) is 1. The van der Waals surface area contributed by atoms with E-state index >= 15 is 0 Å². The molecule has 2 aliphatic heterocycles. The van der Waals surface area contributed by atoms with Gasteiger partial charge in [-0.2, -0.15) is 0 Å². The van der Waals surface area contributed by atoms with Gasteiger partial charge in [-0.3, -0.25) is 0 Å². The van der Waals surface area contributed by atoms with Crippen LogP contribution in [0, 0.1) is 11.8 Å². The molecule has 0 aromatic rings. The molecule has 1 saturated heterocycles. The van der Waals surface area contributed by atoms with E-state index in [2.05, 4.69) is 46.8 Å². The van der Waals surface area contributed by atoms with E-state index in [1.54, 1.807) is 0 Å². The number of fused-ring (bicyclic) bond motifs is 2. The summed E-state index contributed by atoms with van der Waals surface area (Å²) >= 11 is 0. The zero-order valence-electron chi connectivity index (χ0n) is 15.1. The Bertz CT molecular complexity index is 435. The number of aliphatic hydroxyl groups is 1. The molecule has 0 radical (unpaired) electrons. The van der Waals surface area contributed by atoms with Crippen molar-refractivity contribution in [1.29, 1.82) is 0 Å². The molecule has 1 N–H and O–H groups in total. The molecule has 2 nitrogen and oxygen atoms in total. The van der Waals surface area contributed by atoms with Gasteiger partial charge in [0.05, 0.1) is 17.8 Å². The SMILES string of the molecule is C/C1=C\[C@H]2O[C@](C)(CC[C@H]2C(C)C)[C@@H](O)CC/C(C)=C/CC1. The lowest BCUT2D eigenvalue weighted by molar-refractivity contribution is -0.183. The molecule has 0 amide bonds. The summed E-state index contributed by atoms with van der Waals surface area (Å²) in [6, 6.07) is 0. The lowest BCUT2D eigenvalue weighted by Gasteiger charge is -2.46. The first-order chi connectivity index (χ1) is 10.3. The predicted octanol–water partition coefficient (Wildman–Crippen LogP) is 5.02. The highest BCUT2D eigenvalue weighted by Gasteiger charge is 2.43.